The molecule has 1 aromatic heterocycles. The van der Waals surface area contributed by atoms with Gasteiger partial charge >= 0.3 is 0 Å². The topological polar surface area (TPSA) is 53.1 Å². The minimum absolute atomic E-state index is 0.287. The lowest BCUT2D eigenvalue weighted by Gasteiger charge is -2.07. The summed E-state index contributed by atoms with van der Waals surface area (Å²) >= 11 is 0. The molecule has 1 heterocycles. The van der Waals surface area contributed by atoms with Crippen molar-refractivity contribution in [2.75, 3.05) is 18.9 Å². The van der Waals surface area contributed by atoms with Crippen molar-refractivity contribution in [3.8, 4) is 0 Å². The van der Waals surface area contributed by atoms with Gasteiger partial charge in [-0.2, -0.15) is 0 Å². The van der Waals surface area contributed by atoms with Crippen molar-refractivity contribution in [3.63, 3.8) is 0 Å². The van der Waals surface area contributed by atoms with E-state index in [2.05, 4.69) is 4.98 Å². The largest absolute Gasteiger partial charge is 0.381 e. The molecule has 3 rings (SSSR count). The highest BCUT2D eigenvalue weighted by Gasteiger charge is 2.20. The monoisotopic (exact) mass is 263 g/mol. The van der Waals surface area contributed by atoms with Gasteiger partial charge in [-0.05, 0) is 37.3 Å². The van der Waals surface area contributed by atoms with Gasteiger partial charge in [0.25, 0.3) is 0 Å². The molecule has 0 radical (unpaired) electrons. The first-order chi connectivity index (χ1) is 9.24. The molecule has 1 aromatic carbocycles. The third kappa shape index (κ3) is 2.87. The highest BCUT2D eigenvalue weighted by atomic mass is 19.1. The highest BCUT2D eigenvalue weighted by molar-refractivity contribution is 5.78. The Hall–Kier alpha value is -1.62. The molecule has 0 bridgehead atoms. The summed E-state index contributed by atoms with van der Waals surface area (Å²) in [7, 11) is 0. The van der Waals surface area contributed by atoms with Crippen molar-refractivity contribution in [1.82, 2.24) is 9.55 Å². The number of fused-ring (bicyclic) bond motifs is 1. The van der Waals surface area contributed by atoms with Gasteiger partial charge in [-0.1, -0.05) is 0 Å². The van der Waals surface area contributed by atoms with Crippen LogP contribution in [0.25, 0.3) is 11.0 Å². The predicted octanol–water partition coefficient (Wildman–Crippen LogP) is 2.57. The quantitative estimate of drug-likeness (QED) is 0.815. The lowest BCUT2D eigenvalue weighted by atomic mass is 10.3. The van der Waals surface area contributed by atoms with Crippen molar-refractivity contribution in [2.24, 2.45) is 5.92 Å². The van der Waals surface area contributed by atoms with E-state index >= 15 is 0 Å². The second kappa shape index (κ2) is 5.17. The second-order valence-corrected chi connectivity index (χ2v) is 5.13. The molecule has 0 amide bonds. The molecule has 5 heteroatoms. The molecular formula is C14H18FN3O. The average Bonchev–Trinajstić information content (AvgIpc) is 3.14. The summed E-state index contributed by atoms with van der Waals surface area (Å²) in [5.74, 6) is 0.940. The van der Waals surface area contributed by atoms with Crippen LogP contribution in [-0.4, -0.2) is 22.8 Å². The van der Waals surface area contributed by atoms with Gasteiger partial charge in [0.1, 0.15) is 5.82 Å². The zero-order chi connectivity index (χ0) is 13.2. The minimum Gasteiger partial charge on any atom is -0.381 e. The van der Waals surface area contributed by atoms with E-state index in [9.17, 15) is 4.39 Å². The number of imidazole rings is 1. The molecule has 0 atom stereocenters. The predicted molar refractivity (Wildman–Crippen MR) is 72.3 cm³/mol. The van der Waals surface area contributed by atoms with Gasteiger partial charge in [0, 0.05) is 25.8 Å². The number of anilines is 1. The Morgan fingerprint density at radius 3 is 3.05 bits per heavy atom. The van der Waals surface area contributed by atoms with E-state index in [0.717, 1.165) is 37.6 Å². The maximum absolute atomic E-state index is 13.1. The standard InChI is InChI=1S/C14H18FN3O/c15-11-4-5-13-12(8-11)17-14(16)18(13)6-1-7-19-9-10-2-3-10/h4-5,8,10H,1-3,6-7,9H2,(H2,16,17). The van der Waals surface area contributed by atoms with Crippen molar-refractivity contribution in [1.29, 1.82) is 0 Å². The lowest BCUT2D eigenvalue weighted by molar-refractivity contribution is 0.119. The first-order valence-electron chi connectivity index (χ1n) is 6.73. The van der Waals surface area contributed by atoms with Crippen LogP contribution in [0.2, 0.25) is 0 Å². The molecule has 102 valence electrons. The molecule has 0 aliphatic heterocycles. The Morgan fingerprint density at radius 1 is 1.42 bits per heavy atom. The Bertz CT molecular complexity index is 577. The van der Waals surface area contributed by atoms with Crippen molar-refractivity contribution in [3.05, 3.63) is 24.0 Å². The summed E-state index contributed by atoms with van der Waals surface area (Å²) in [5.41, 5.74) is 7.35. The summed E-state index contributed by atoms with van der Waals surface area (Å²) in [6, 6.07) is 4.56. The number of nitrogens with zero attached hydrogens (tertiary/aromatic N) is 2. The van der Waals surface area contributed by atoms with E-state index in [0.29, 0.717) is 11.5 Å². The molecule has 1 saturated carbocycles. The second-order valence-electron chi connectivity index (χ2n) is 5.13. The molecule has 4 nitrogen and oxygen atoms in total. The van der Waals surface area contributed by atoms with Gasteiger partial charge in [-0.3, -0.25) is 0 Å². The summed E-state index contributed by atoms with van der Waals surface area (Å²) in [4.78, 5) is 4.17. The fourth-order valence-corrected chi connectivity index (χ4v) is 2.22. The minimum atomic E-state index is -0.287. The van der Waals surface area contributed by atoms with Crippen LogP contribution in [0.15, 0.2) is 18.2 Å². The lowest BCUT2D eigenvalue weighted by Crippen LogP contribution is -2.07. The number of nitrogen functional groups attached to an aromatic ring is 1. The molecule has 2 N–H and O–H groups in total. The van der Waals surface area contributed by atoms with E-state index in [1.807, 2.05) is 4.57 Å². The normalized spacial score (nSPS) is 15.2. The number of halogens is 1. The first-order valence-corrected chi connectivity index (χ1v) is 6.73. The number of aromatic nitrogens is 2. The highest BCUT2D eigenvalue weighted by Crippen LogP contribution is 2.28. The maximum atomic E-state index is 13.1. The number of nitrogens with two attached hydrogens (primary N) is 1. The molecule has 2 aromatic rings. The molecule has 1 aliphatic rings. The zero-order valence-electron chi connectivity index (χ0n) is 10.8. The third-order valence-electron chi connectivity index (χ3n) is 3.46. The number of hydrogen-bond donors (Lipinski definition) is 1. The Kier molecular flexibility index (Phi) is 3.38. The van der Waals surface area contributed by atoms with Crippen LogP contribution in [0.4, 0.5) is 10.3 Å². The van der Waals surface area contributed by atoms with Crippen LogP contribution in [0.5, 0.6) is 0 Å². The molecule has 0 saturated heterocycles. The maximum Gasteiger partial charge on any atom is 0.201 e. The van der Waals surface area contributed by atoms with Crippen molar-refractivity contribution < 1.29 is 9.13 Å². The van der Waals surface area contributed by atoms with Gasteiger partial charge in [-0.15, -0.1) is 0 Å². The molecule has 0 spiro atoms. The van der Waals surface area contributed by atoms with E-state index in [1.165, 1.54) is 25.0 Å². The molecule has 19 heavy (non-hydrogen) atoms. The fourth-order valence-electron chi connectivity index (χ4n) is 2.22. The average molecular weight is 263 g/mol. The van der Waals surface area contributed by atoms with Crippen molar-refractivity contribution >= 4 is 17.0 Å². The number of aryl methyl sites for hydroxylation is 1. The van der Waals surface area contributed by atoms with Gasteiger partial charge in [0.2, 0.25) is 5.95 Å². The van der Waals surface area contributed by atoms with E-state index in [1.54, 1.807) is 6.07 Å². The van der Waals surface area contributed by atoms with Gasteiger partial charge in [0.15, 0.2) is 0 Å². The van der Waals surface area contributed by atoms with Gasteiger partial charge in [-0.25, -0.2) is 9.37 Å². The molecule has 0 unspecified atom stereocenters. The Balaban J connectivity index is 1.61. The van der Waals surface area contributed by atoms with Crippen molar-refractivity contribution in [2.45, 2.75) is 25.8 Å². The van der Waals surface area contributed by atoms with Crippen LogP contribution >= 0.6 is 0 Å². The Labute approximate surface area is 111 Å². The number of rotatable bonds is 6. The van der Waals surface area contributed by atoms with Crippen LogP contribution in [-0.2, 0) is 11.3 Å². The Morgan fingerprint density at radius 2 is 2.26 bits per heavy atom. The van der Waals surface area contributed by atoms with E-state index in [4.69, 9.17) is 10.5 Å². The van der Waals surface area contributed by atoms with Gasteiger partial charge in [0.05, 0.1) is 11.0 Å². The summed E-state index contributed by atoms with van der Waals surface area (Å²) in [6.45, 7) is 2.36. The molecule has 1 aliphatic carbocycles. The van der Waals surface area contributed by atoms with E-state index < -0.39 is 0 Å². The summed E-state index contributed by atoms with van der Waals surface area (Å²) in [5, 5.41) is 0. The number of benzene rings is 1. The first kappa shape index (κ1) is 12.4. The van der Waals surface area contributed by atoms with Crippen LogP contribution in [0.1, 0.15) is 19.3 Å². The van der Waals surface area contributed by atoms with Crippen LogP contribution in [0, 0.1) is 11.7 Å². The number of ether oxygens (including phenoxy) is 1. The van der Waals surface area contributed by atoms with Crippen LogP contribution in [0.3, 0.4) is 0 Å². The summed E-state index contributed by atoms with van der Waals surface area (Å²) in [6.07, 6.45) is 3.51. The third-order valence-corrected chi connectivity index (χ3v) is 3.46. The van der Waals surface area contributed by atoms with Gasteiger partial charge < -0.3 is 15.0 Å². The molecule has 1 fully saturated rings. The zero-order valence-corrected chi connectivity index (χ0v) is 10.8. The van der Waals surface area contributed by atoms with E-state index in [-0.39, 0.29) is 5.82 Å². The number of hydrogen-bond acceptors (Lipinski definition) is 3. The fraction of sp³-hybridized carbons (Fsp3) is 0.500. The SMILES string of the molecule is Nc1nc2cc(F)ccc2n1CCCOCC1CC1. The van der Waals surface area contributed by atoms with Crippen LogP contribution < -0.4 is 5.73 Å². The summed E-state index contributed by atoms with van der Waals surface area (Å²) < 4.78 is 20.6. The smallest absolute Gasteiger partial charge is 0.201 e. The molecular weight excluding hydrogens is 245 g/mol.